The van der Waals surface area contributed by atoms with Gasteiger partial charge in [-0.05, 0) is 37.2 Å². The second-order valence-corrected chi connectivity index (χ2v) is 6.06. The van der Waals surface area contributed by atoms with Crippen molar-refractivity contribution in [2.24, 2.45) is 5.92 Å². The van der Waals surface area contributed by atoms with Gasteiger partial charge in [-0.2, -0.15) is 0 Å². The molecule has 1 unspecified atom stereocenters. The number of halogens is 1. The molecule has 2 nitrogen and oxygen atoms in total. The molecule has 0 spiro atoms. The van der Waals surface area contributed by atoms with Crippen LogP contribution in [0.25, 0.3) is 0 Å². The third kappa shape index (κ3) is 3.53. The lowest BCUT2D eigenvalue weighted by molar-refractivity contribution is -0.205. The summed E-state index contributed by atoms with van der Waals surface area (Å²) in [6, 6.07) is 8.44. The fraction of sp³-hybridized carbons (Fsp3) is 0.556. The lowest BCUT2D eigenvalue weighted by atomic mass is 9.87. The summed E-state index contributed by atoms with van der Waals surface area (Å²) in [4.78, 5) is 0. The Bertz CT molecular complexity index is 486. The van der Waals surface area contributed by atoms with Crippen molar-refractivity contribution in [3.63, 3.8) is 0 Å². The minimum atomic E-state index is -0.231. The Morgan fingerprint density at radius 2 is 1.76 bits per heavy atom. The summed E-state index contributed by atoms with van der Waals surface area (Å²) < 4.78 is 24.6. The van der Waals surface area contributed by atoms with Crippen LogP contribution >= 0.6 is 0 Å². The summed E-state index contributed by atoms with van der Waals surface area (Å²) in [5.41, 5.74) is 2.36. The molecule has 1 aromatic rings. The second-order valence-electron chi connectivity index (χ2n) is 6.06. The van der Waals surface area contributed by atoms with Crippen molar-refractivity contribution in [1.82, 2.24) is 0 Å². The monoisotopic (exact) mass is 290 g/mol. The first-order valence-electron chi connectivity index (χ1n) is 7.94. The van der Waals surface area contributed by atoms with Gasteiger partial charge in [0.1, 0.15) is 0 Å². The molecule has 0 radical (unpaired) electrons. The van der Waals surface area contributed by atoms with Crippen molar-refractivity contribution >= 4 is 0 Å². The van der Waals surface area contributed by atoms with Crippen molar-refractivity contribution in [1.29, 1.82) is 0 Å². The van der Waals surface area contributed by atoms with E-state index in [0.29, 0.717) is 18.3 Å². The summed E-state index contributed by atoms with van der Waals surface area (Å²) in [5, 5.41) is 0. The predicted octanol–water partition coefficient (Wildman–Crippen LogP) is 4.88. The molecule has 1 heterocycles. The minimum Gasteiger partial charge on any atom is -0.348 e. The Hall–Kier alpha value is -1.19. The van der Waals surface area contributed by atoms with Gasteiger partial charge in [-0.1, -0.05) is 37.3 Å². The highest BCUT2D eigenvalue weighted by molar-refractivity contribution is 5.27. The normalized spacial score (nSPS) is 30.0. The van der Waals surface area contributed by atoms with Crippen molar-refractivity contribution in [2.75, 3.05) is 13.2 Å². The van der Waals surface area contributed by atoms with Crippen LogP contribution in [0, 0.1) is 5.92 Å². The molecule has 1 aromatic carbocycles. The van der Waals surface area contributed by atoms with Crippen LogP contribution < -0.4 is 0 Å². The van der Waals surface area contributed by atoms with E-state index in [1.165, 1.54) is 5.56 Å². The molecule has 3 rings (SSSR count). The third-order valence-corrected chi connectivity index (χ3v) is 4.58. The standard InChI is InChI=1S/C18H23FO2/c1-2-13-11-20-18(21-12-13)16-5-3-14(4-6-16)15-7-9-17(19)10-8-15/h3-6,9,13,15,18H,2,7-8,10-12H2,1H3/t13-,15?,18-. The van der Waals surface area contributed by atoms with Crippen LogP contribution in [-0.4, -0.2) is 13.2 Å². The van der Waals surface area contributed by atoms with E-state index in [-0.39, 0.29) is 12.1 Å². The Labute approximate surface area is 126 Å². The van der Waals surface area contributed by atoms with Gasteiger partial charge >= 0.3 is 0 Å². The molecule has 1 atom stereocenters. The molecule has 0 amide bonds. The number of rotatable bonds is 3. The second kappa shape index (κ2) is 6.71. The van der Waals surface area contributed by atoms with Crippen LogP contribution in [0.15, 0.2) is 36.2 Å². The average Bonchev–Trinajstić information content (AvgIpc) is 2.56. The fourth-order valence-electron chi connectivity index (χ4n) is 3.00. The van der Waals surface area contributed by atoms with Gasteiger partial charge < -0.3 is 9.47 Å². The van der Waals surface area contributed by atoms with Crippen molar-refractivity contribution in [2.45, 2.75) is 44.8 Å². The number of benzene rings is 1. The van der Waals surface area contributed by atoms with E-state index in [2.05, 4.69) is 31.2 Å². The molecular weight excluding hydrogens is 267 g/mol. The molecule has 114 valence electrons. The smallest absolute Gasteiger partial charge is 0.183 e. The van der Waals surface area contributed by atoms with Gasteiger partial charge in [-0.15, -0.1) is 0 Å². The van der Waals surface area contributed by atoms with Gasteiger partial charge in [0.2, 0.25) is 0 Å². The number of hydrogen-bond donors (Lipinski definition) is 0. The summed E-state index contributed by atoms with van der Waals surface area (Å²) in [7, 11) is 0. The first kappa shape index (κ1) is 14.7. The van der Waals surface area contributed by atoms with E-state index >= 15 is 0 Å². The maximum atomic E-state index is 13.1. The van der Waals surface area contributed by atoms with Crippen LogP contribution in [0.4, 0.5) is 4.39 Å². The van der Waals surface area contributed by atoms with E-state index in [1.54, 1.807) is 6.08 Å². The molecule has 21 heavy (non-hydrogen) atoms. The average molecular weight is 290 g/mol. The topological polar surface area (TPSA) is 18.5 Å². The number of hydrogen-bond acceptors (Lipinski definition) is 2. The summed E-state index contributed by atoms with van der Waals surface area (Å²) in [5.74, 6) is 0.998. The van der Waals surface area contributed by atoms with E-state index in [4.69, 9.17) is 9.47 Å². The Morgan fingerprint density at radius 1 is 1.10 bits per heavy atom. The lowest BCUT2D eigenvalue weighted by Gasteiger charge is -2.29. The predicted molar refractivity (Wildman–Crippen MR) is 80.7 cm³/mol. The Kier molecular flexibility index (Phi) is 4.71. The van der Waals surface area contributed by atoms with Gasteiger partial charge in [0.15, 0.2) is 6.29 Å². The molecule has 2 aliphatic rings. The first-order chi connectivity index (χ1) is 10.3. The van der Waals surface area contributed by atoms with Gasteiger partial charge in [-0.25, -0.2) is 4.39 Å². The first-order valence-corrected chi connectivity index (χ1v) is 7.94. The highest BCUT2D eigenvalue weighted by atomic mass is 19.1. The quantitative estimate of drug-likeness (QED) is 0.790. The molecule has 1 fully saturated rings. The maximum Gasteiger partial charge on any atom is 0.183 e. The van der Waals surface area contributed by atoms with Crippen molar-refractivity contribution < 1.29 is 13.9 Å². The molecule has 3 heteroatoms. The summed E-state index contributed by atoms with van der Waals surface area (Å²) >= 11 is 0. The largest absolute Gasteiger partial charge is 0.348 e. The fourth-order valence-corrected chi connectivity index (χ4v) is 3.00. The zero-order valence-electron chi connectivity index (χ0n) is 12.6. The zero-order chi connectivity index (χ0) is 14.7. The number of allylic oxidation sites excluding steroid dienone is 2. The van der Waals surface area contributed by atoms with Gasteiger partial charge in [0.25, 0.3) is 0 Å². The SMILES string of the molecule is CC[C@H]1CO[C@H](c2ccc(C3CC=C(F)CC3)cc2)OC1. The Morgan fingerprint density at radius 3 is 2.33 bits per heavy atom. The molecule has 1 aliphatic carbocycles. The van der Waals surface area contributed by atoms with Crippen LogP contribution in [0.1, 0.15) is 55.9 Å². The Balaban J connectivity index is 1.62. The van der Waals surface area contributed by atoms with Gasteiger partial charge in [0, 0.05) is 11.5 Å². The zero-order valence-corrected chi connectivity index (χ0v) is 12.6. The van der Waals surface area contributed by atoms with Crippen LogP contribution in [-0.2, 0) is 9.47 Å². The molecule has 0 bridgehead atoms. The van der Waals surface area contributed by atoms with E-state index < -0.39 is 0 Å². The van der Waals surface area contributed by atoms with Crippen LogP contribution in [0.2, 0.25) is 0 Å². The van der Waals surface area contributed by atoms with Crippen LogP contribution in [0.3, 0.4) is 0 Å². The highest BCUT2D eigenvalue weighted by Gasteiger charge is 2.23. The molecule has 1 aliphatic heterocycles. The number of ether oxygens (including phenoxy) is 2. The van der Waals surface area contributed by atoms with Crippen molar-refractivity contribution in [3.8, 4) is 0 Å². The third-order valence-electron chi connectivity index (χ3n) is 4.58. The van der Waals surface area contributed by atoms with Crippen molar-refractivity contribution in [3.05, 3.63) is 47.3 Å². The molecule has 1 saturated heterocycles. The molecule has 0 saturated carbocycles. The van der Waals surface area contributed by atoms with E-state index in [9.17, 15) is 4.39 Å². The van der Waals surface area contributed by atoms with E-state index in [1.807, 2.05) is 0 Å². The molecular formula is C18H23FO2. The minimum absolute atomic E-state index is 0.0392. The lowest BCUT2D eigenvalue weighted by Crippen LogP contribution is -2.26. The van der Waals surface area contributed by atoms with Crippen LogP contribution in [0.5, 0.6) is 0 Å². The highest BCUT2D eigenvalue weighted by Crippen LogP contribution is 2.33. The van der Waals surface area contributed by atoms with Gasteiger partial charge in [0.05, 0.1) is 19.0 Å². The van der Waals surface area contributed by atoms with Gasteiger partial charge in [-0.3, -0.25) is 0 Å². The maximum absolute atomic E-state index is 13.1. The summed E-state index contributed by atoms with van der Waals surface area (Å²) in [6.45, 7) is 3.71. The van der Waals surface area contributed by atoms with E-state index in [0.717, 1.165) is 38.0 Å². The summed E-state index contributed by atoms with van der Waals surface area (Å²) in [6.07, 6.45) is 4.86. The molecule has 0 aromatic heterocycles. The molecule has 0 N–H and O–H groups in total.